The van der Waals surface area contributed by atoms with E-state index < -0.39 is 19.3 Å². The minimum Gasteiger partial charge on any atom is -0.456 e. The van der Waals surface area contributed by atoms with Gasteiger partial charge in [0.1, 0.15) is 13.7 Å². The highest BCUT2D eigenvalue weighted by atomic mass is 28.3. The van der Waals surface area contributed by atoms with Crippen LogP contribution in [0.25, 0.3) is 0 Å². The molecule has 3 aromatic rings. The second kappa shape index (κ2) is 9.46. The topological polar surface area (TPSA) is 59.1 Å². The maximum atomic E-state index is 13.8. The number of anilines is 2. The molecule has 0 amide bonds. The van der Waals surface area contributed by atoms with Crippen LogP contribution in [0.3, 0.4) is 0 Å². The van der Waals surface area contributed by atoms with Crippen molar-refractivity contribution in [3.8, 4) is 0 Å². The summed E-state index contributed by atoms with van der Waals surface area (Å²) in [7, 11) is -2.18. The Bertz CT molecular complexity index is 1590. The molecule has 0 unspecified atom stereocenters. The maximum absolute atomic E-state index is 13.8. The van der Waals surface area contributed by atoms with E-state index in [0.29, 0.717) is 11.1 Å². The molecule has 0 aromatic heterocycles. The number of hydrogen-bond donors (Lipinski definition) is 0. The van der Waals surface area contributed by atoms with Crippen molar-refractivity contribution >= 4 is 41.8 Å². The first-order chi connectivity index (χ1) is 20.7. The van der Waals surface area contributed by atoms with E-state index >= 15 is 0 Å². The zero-order valence-corrected chi connectivity index (χ0v) is 26.5. The van der Waals surface area contributed by atoms with Gasteiger partial charge in [0, 0.05) is 54.2 Å². The van der Waals surface area contributed by atoms with E-state index in [1.54, 1.807) is 12.1 Å². The summed E-state index contributed by atoms with van der Waals surface area (Å²) in [5.41, 5.74) is 4.79. The van der Waals surface area contributed by atoms with Crippen molar-refractivity contribution in [2.24, 2.45) is 0 Å². The third-order valence-electron chi connectivity index (χ3n) is 10.4. The van der Waals surface area contributed by atoms with Crippen LogP contribution in [0.15, 0.2) is 54.6 Å². The average molecular weight is 593 g/mol. The molecule has 0 aliphatic carbocycles. The Morgan fingerprint density at radius 1 is 0.767 bits per heavy atom. The number of hydrogen-bond acceptors (Lipinski definition) is 6. The number of fused-ring (bicyclic) bond motifs is 8. The molecule has 3 saturated heterocycles. The number of carbonyl (C=O) groups is 2. The van der Waals surface area contributed by atoms with Crippen LogP contribution in [-0.4, -0.2) is 51.8 Å². The van der Waals surface area contributed by atoms with Gasteiger partial charge < -0.3 is 19.3 Å². The summed E-state index contributed by atoms with van der Waals surface area (Å²) in [6, 6.07) is 21.7. The molecule has 5 heterocycles. The van der Waals surface area contributed by atoms with Gasteiger partial charge in [-0.05, 0) is 98.5 Å². The molecule has 3 aromatic carbocycles. The van der Waals surface area contributed by atoms with Crippen LogP contribution in [0.4, 0.5) is 11.4 Å². The van der Waals surface area contributed by atoms with E-state index in [1.165, 1.54) is 65.9 Å². The molecule has 0 atom stereocenters. The molecule has 5 aliphatic heterocycles. The Morgan fingerprint density at radius 3 is 1.86 bits per heavy atom. The molecule has 0 bridgehead atoms. The lowest BCUT2D eigenvalue weighted by Gasteiger charge is -2.49. The van der Waals surface area contributed by atoms with Crippen LogP contribution in [0.1, 0.15) is 90.3 Å². The number of carbonyl (C=O) groups excluding carboxylic acids is 2. The van der Waals surface area contributed by atoms with Gasteiger partial charge >= 0.3 is 11.9 Å². The summed E-state index contributed by atoms with van der Waals surface area (Å²) in [4.78, 5) is 32.0. The molecular formula is C36H40N2O4Si. The van der Waals surface area contributed by atoms with Crippen molar-refractivity contribution in [1.82, 2.24) is 0 Å². The van der Waals surface area contributed by atoms with Crippen LogP contribution in [0.5, 0.6) is 0 Å². The largest absolute Gasteiger partial charge is 0.456 e. The molecule has 43 heavy (non-hydrogen) atoms. The molecule has 5 aliphatic rings. The zero-order chi connectivity index (χ0) is 29.6. The molecule has 0 N–H and O–H groups in total. The Hall–Kier alpha value is -3.58. The smallest absolute Gasteiger partial charge is 0.340 e. The number of benzene rings is 3. The number of ether oxygens (including phenoxy) is 2. The normalized spacial score (nSPS) is 21.0. The predicted molar refractivity (Wildman–Crippen MR) is 172 cm³/mol. The number of esters is 2. The summed E-state index contributed by atoms with van der Waals surface area (Å²) >= 11 is 0. The minimum absolute atomic E-state index is 0.331. The van der Waals surface area contributed by atoms with Gasteiger partial charge in [-0.25, -0.2) is 9.59 Å². The molecule has 0 radical (unpaired) electrons. The van der Waals surface area contributed by atoms with Gasteiger partial charge in [-0.1, -0.05) is 31.4 Å². The van der Waals surface area contributed by atoms with Crippen molar-refractivity contribution < 1.29 is 19.1 Å². The van der Waals surface area contributed by atoms with E-state index in [-0.39, 0.29) is 11.9 Å². The summed E-state index contributed by atoms with van der Waals surface area (Å²) in [6.07, 6.45) is 6.20. The van der Waals surface area contributed by atoms with Crippen LogP contribution in [0, 0.1) is 0 Å². The van der Waals surface area contributed by atoms with E-state index in [2.05, 4.69) is 46.2 Å². The first kappa shape index (κ1) is 27.0. The van der Waals surface area contributed by atoms with Crippen LogP contribution < -0.4 is 20.2 Å². The Kier molecular flexibility index (Phi) is 5.94. The Labute approximate surface area is 255 Å². The fourth-order valence-electron chi connectivity index (χ4n) is 8.12. The zero-order valence-electron chi connectivity index (χ0n) is 25.5. The first-order valence-corrected chi connectivity index (χ1v) is 18.5. The number of rotatable bonds is 3. The lowest BCUT2D eigenvalue weighted by atomic mass is 9.78. The van der Waals surface area contributed by atoms with Crippen molar-refractivity contribution in [2.45, 2.75) is 76.2 Å². The third kappa shape index (κ3) is 3.96. The summed E-state index contributed by atoms with van der Waals surface area (Å²) in [5, 5.41) is 2.85. The summed E-state index contributed by atoms with van der Waals surface area (Å²) < 4.78 is 12.4. The Balaban J connectivity index is 1.40. The van der Waals surface area contributed by atoms with Gasteiger partial charge in [0.2, 0.25) is 0 Å². The van der Waals surface area contributed by atoms with E-state index in [1.807, 2.05) is 26.8 Å². The van der Waals surface area contributed by atoms with E-state index in [0.717, 1.165) is 42.9 Å². The highest BCUT2D eigenvalue weighted by Crippen LogP contribution is 2.51. The first-order valence-electron chi connectivity index (χ1n) is 16.1. The monoisotopic (exact) mass is 592 g/mol. The van der Waals surface area contributed by atoms with Gasteiger partial charge in [0.05, 0.1) is 11.1 Å². The van der Waals surface area contributed by atoms with Crippen LogP contribution in [0.2, 0.25) is 12.1 Å². The lowest BCUT2D eigenvalue weighted by Crippen LogP contribution is -2.67. The summed E-state index contributed by atoms with van der Waals surface area (Å²) in [5.74, 6) is -0.719. The molecule has 8 rings (SSSR count). The van der Waals surface area contributed by atoms with Crippen molar-refractivity contribution in [3.63, 3.8) is 0 Å². The molecule has 0 saturated carbocycles. The fraction of sp³-hybridized carbons (Fsp3) is 0.444. The second-order valence-electron chi connectivity index (χ2n) is 14.1. The summed E-state index contributed by atoms with van der Waals surface area (Å²) in [6.45, 7) is 9.98. The molecule has 6 nitrogen and oxygen atoms in total. The van der Waals surface area contributed by atoms with Gasteiger partial charge in [0.25, 0.3) is 0 Å². The van der Waals surface area contributed by atoms with E-state index in [9.17, 15) is 9.59 Å². The van der Waals surface area contributed by atoms with Gasteiger partial charge in [0.15, 0.2) is 5.60 Å². The number of nitrogens with zero attached hydrogens (tertiary/aromatic N) is 2. The quantitative estimate of drug-likeness (QED) is 0.292. The molecular weight excluding hydrogens is 552 g/mol. The van der Waals surface area contributed by atoms with Crippen molar-refractivity contribution in [3.05, 3.63) is 82.4 Å². The third-order valence-corrected chi connectivity index (χ3v) is 15.7. The van der Waals surface area contributed by atoms with Crippen LogP contribution in [-0.2, 0) is 15.1 Å². The second-order valence-corrected chi connectivity index (χ2v) is 18.4. The molecule has 222 valence electrons. The highest BCUT2D eigenvalue weighted by molar-refractivity contribution is 7.03. The SMILES string of the molecule is CC(C)(C)OC(=O)c1ccc2c(c1)C1(OC2=O)c2ccc(N3CCC3)cc2[Si]2(CCCCC2)c2cc(N3CCC3)ccc21. The minimum atomic E-state index is -2.18. The average Bonchev–Trinajstić information content (AvgIpc) is 3.22. The van der Waals surface area contributed by atoms with Gasteiger partial charge in [-0.15, -0.1) is 0 Å². The maximum Gasteiger partial charge on any atom is 0.340 e. The fourth-order valence-corrected chi connectivity index (χ4v) is 13.8. The van der Waals surface area contributed by atoms with Gasteiger partial charge in [-0.3, -0.25) is 0 Å². The molecule has 3 fully saturated rings. The van der Waals surface area contributed by atoms with Crippen molar-refractivity contribution in [2.75, 3.05) is 36.0 Å². The van der Waals surface area contributed by atoms with Crippen LogP contribution >= 0.6 is 0 Å². The predicted octanol–water partition coefficient (Wildman–Crippen LogP) is 5.58. The van der Waals surface area contributed by atoms with E-state index in [4.69, 9.17) is 9.47 Å². The van der Waals surface area contributed by atoms with Crippen molar-refractivity contribution in [1.29, 1.82) is 0 Å². The standard InChI is InChI=1S/C36H40N2O4Si/c1-35(2,3)41-33(39)24-9-12-27-30(21-24)36(42-34(27)40)28-13-10-25(37-15-7-16-37)22-31(28)43(19-5-4-6-20-43)32-23-26(11-14-29(32)36)38-17-8-18-38/h9-14,21-23H,4-8,15-20H2,1-3H3. The van der Waals surface area contributed by atoms with Gasteiger partial charge in [-0.2, -0.15) is 0 Å². The lowest BCUT2D eigenvalue weighted by molar-refractivity contribution is 0.00692. The Morgan fingerprint density at radius 2 is 1.35 bits per heavy atom. The molecule has 7 heteroatoms. The molecule has 2 spiro atoms. The highest BCUT2D eigenvalue weighted by Gasteiger charge is 2.58.